The molecule has 0 fully saturated rings. The summed E-state index contributed by atoms with van der Waals surface area (Å²) in [7, 11) is 0. The third-order valence-electron chi connectivity index (χ3n) is 4.29. The maximum atomic E-state index is 11.0. The summed E-state index contributed by atoms with van der Waals surface area (Å²) in [6, 6.07) is 18.0. The summed E-state index contributed by atoms with van der Waals surface area (Å²) in [6.45, 7) is 3.37. The van der Waals surface area contributed by atoms with Gasteiger partial charge >= 0.3 is 5.97 Å². The number of carbonyl (C=O) groups is 1. The predicted octanol–water partition coefficient (Wildman–Crippen LogP) is 6.39. The van der Waals surface area contributed by atoms with Gasteiger partial charge in [-0.15, -0.1) is 0 Å². The van der Waals surface area contributed by atoms with E-state index in [1.165, 1.54) is 0 Å². The molecule has 0 aliphatic rings. The second-order valence-electron chi connectivity index (χ2n) is 6.49. The number of aromatic carboxylic acids is 1. The molecule has 0 amide bonds. The molecular weight excluding hydrogens is 470 g/mol. The van der Waals surface area contributed by atoms with Crippen LogP contribution in [0, 0.1) is 0 Å². The van der Waals surface area contributed by atoms with Gasteiger partial charge in [-0.2, -0.15) is 0 Å². The fourth-order valence-corrected chi connectivity index (χ4v) is 3.53. The Morgan fingerprint density at radius 1 is 1.03 bits per heavy atom. The SMILES string of the molecule is CCOc1cc(CNc2ccc(C(=O)O)cc2)cc(Br)c1OCc1ccc(Cl)cc1. The van der Waals surface area contributed by atoms with Crippen molar-refractivity contribution in [2.45, 2.75) is 20.1 Å². The van der Waals surface area contributed by atoms with Crippen LogP contribution in [0.4, 0.5) is 5.69 Å². The minimum absolute atomic E-state index is 0.254. The number of carboxylic acid groups (broad SMARTS) is 1. The molecule has 156 valence electrons. The van der Waals surface area contributed by atoms with Gasteiger partial charge in [0.15, 0.2) is 11.5 Å². The molecule has 0 unspecified atom stereocenters. The Hall–Kier alpha value is -2.70. The van der Waals surface area contributed by atoms with E-state index < -0.39 is 5.97 Å². The Morgan fingerprint density at radius 3 is 2.37 bits per heavy atom. The summed E-state index contributed by atoms with van der Waals surface area (Å²) < 4.78 is 12.6. The van der Waals surface area contributed by atoms with Gasteiger partial charge in [-0.05, 0) is 82.5 Å². The number of ether oxygens (including phenoxy) is 2. The van der Waals surface area contributed by atoms with E-state index in [9.17, 15) is 4.79 Å². The zero-order chi connectivity index (χ0) is 21.5. The van der Waals surface area contributed by atoms with E-state index in [2.05, 4.69) is 21.2 Å². The zero-order valence-electron chi connectivity index (χ0n) is 16.3. The van der Waals surface area contributed by atoms with E-state index >= 15 is 0 Å². The molecule has 30 heavy (non-hydrogen) atoms. The van der Waals surface area contributed by atoms with Crippen LogP contribution < -0.4 is 14.8 Å². The molecule has 3 aromatic carbocycles. The molecule has 0 radical (unpaired) electrons. The third-order valence-corrected chi connectivity index (χ3v) is 5.14. The molecular formula is C23H21BrClNO4. The van der Waals surface area contributed by atoms with Gasteiger partial charge in [-0.1, -0.05) is 23.7 Å². The van der Waals surface area contributed by atoms with Crippen LogP contribution in [0.2, 0.25) is 5.02 Å². The first-order valence-corrected chi connectivity index (χ1v) is 10.5. The molecule has 0 aromatic heterocycles. The molecule has 0 spiro atoms. The Labute approximate surface area is 188 Å². The normalized spacial score (nSPS) is 10.5. The minimum atomic E-state index is -0.943. The molecule has 3 rings (SSSR count). The van der Waals surface area contributed by atoms with Crippen molar-refractivity contribution in [3.8, 4) is 11.5 Å². The van der Waals surface area contributed by atoms with E-state index in [4.69, 9.17) is 26.2 Å². The quantitative estimate of drug-likeness (QED) is 0.364. The van der Waals surface area contributed by atoms with Gasteiger partial charge in [0, 0.05) is 17.3 Å². The van der Waals surface area contributed by atoms with Crippen LogP contribution in [0.1, 0.15) is 28.4 Å². The lowest BCUT2D eigenvalue weighted by Gasteiger charge is -2.16. The van der Waals surface area contributed by atoms with Gasteiger partial charge < -0.3 is 19.9 Å². The highest BCUT2D eigenvalue weighted by Gasteiger charge is 2.13. The maximum absolute atomic E-state index is 11.0. The van der Waals surface area contributed by atoms with Crippen LogP contribution in [-0.2, 0) is 13.2 Å². The minimum Gasteiger partial charge on any atom is -0.490 e. The zero-order valence-corrected chi connectivity index (χ0v) is 18.7. The summed E-state index contributed by atoms with van der Waals surface area (Å²) in [5.74, 6) is 0.348. The van der Waals surface area contributed by atoms with Crippen LogP contribution in [0.15, 0.2) is 65.1 Å². The van der Waals surface area contributed by atoms with Crippen molar-refractivity contribution >= 4 is 39.2 Å². The first-order valence-electron chi connectivity index (χ1n) is 9.36. The fraction of sp³-hybridized carbons (Fsp3) is 0.174. The van der Waals surface area contributed by atoms with Gasteiger partial charge in [0.1, 0.15) is 6.61 Å². The summed E-state index contributed by atoms with van der Waals surface area (Å²) in [6.07, 6.45) is 0. The second-order valence-corrected chi connectivity index (χ2v) is 7.78. The van der Waals surface area contributed by atoms with Gasteiger partial charge in [0.2, 0.25) is 0 Å². The predicted molar refractivity (Wildman–Crippen MR) is 122 cm³/mol. The highest BCUT2D eigenvalue weighted by molar-refractivity contribution is 9.10. The van der Waals surface area contributed by atoms with E-state index in [0.717, 1.165) is 21.3 Å². The number of nitrogens with one attached hydrogen (secondary N) is 1. The van der Waals surface area contributed by atoms with Gasteiger partial charge in [0.25, 0.3) is 0 Å². The molecule has 0 aliphatic carbocycles. The van der Waals surface area contributed by atoms with Crippen molar-refractivity contribution in [2.24, 2.45) is 0 Å². The number of hydrogen-bond acceptors (Lipinski definition) is 4. The molecule has 0 aliphatic heterocycles. The van der Waals surface area contributed by atoms with Crippen LogP contribution in [-0.4, -0.2) is 17.7 Å². The maximum Gasteiger partial charge on any atom is 0.335 e. The van der Waals surface area contributed by atoms with Crippen molar-refractivity contribution < 1.29 is 19.4 Å². The number of halogens is 2. The smallest absolute Gasteiger partial charge is 0.335 e. The van der Waals surface area contributed by atoms with Gasteiger partial charge in [-0.3, -0.25) is 0 Å². The third kappa shape index (κ3) is 5.90. The Balaban J connectivity index is 1.71. The molecule has 2 N–H and O–H groups in total. The Morgan fingerprint density at radius 2 is 1.73 bits per heavy atom. The number of benzene rings is 3. The monoisotopic (exact) mass is 489 g/mol. The van der Waals surface area contributed by atoms with E-state index in [1.807, 2.05) is 43.3 Å². The Bertz CT molecular complexity index is 1010. The number of rotatable bonds is 9. The lowest BCUT2D eigenvalue weighted by molar-refractivity contribution is 0.0697. The average molecular weight is 491 g/mol. The molecule has 3 aromatic rings. The van der Waals surface area contributed by atoms with E-state index in [0.29, 0.717) is 36.3 Å². The summed E-state index contributed by atoms with van der Waals surface area (Å²) >= 11 is 9.52. The van der Waals surface area contributed by atoms with Crippen molar-refractivity contribution in [3.05, 3.63) is 86.8 Å². The summed E-state index contributed by atoms with van der Waals surface area (Å²) in [4.78, 5) is 11.0. The molecule has 5 nitrogen and oxygen atoms in total. The number of carboxylic acids is 1. The highest BCUT2D eigenvalue weighted by Crippen LogP contribution is 2.37. The Kier molecular flexibility index (Phi) is 7.60. The van der Waals surface area contributed by atoms with Crippen LogP contribution >= 0.6 is 27.5 Å². The van der Waals surface area contributed by atoms with E-state index in [-0.39, 0.29) is 5.56 Å². The van der Waals surface area contributed by atoms with Crippen molar-refractivity contribution in [1.82, 2.24) is 0 Å². The largest absolute Gasteiger partial charge is 0.490 e. The molecule has 0 saturated heterocycles. The number of anilines is 1. The summed E-state index contributed by atoms with van der Waals surface area (Å²) in [5, 5.41) is 13.0. The van der Waals surface area contributed by atoms with Gasteiger partial charge in [0.05, 0.1) is 16.6 Å². The fourth-order valence-electron chi connectivity index (χ4n) is 2.80. The molecule has 0 saturated carbocycles. The first kappa shape index (κ1) is 22.0. The number of hydrogen-bond donors (Lipinski definition) is 2. The van der Waals surface area contributed by atoms with Crippen molar-refractivity contribution in [2.75, 3.05) is 11.9 Å². The van der Waals surface area contributed by atoms with E-state index in [1.54, 1.807) is 24.3 Å². The van der Waals surface area contributed by atoms with Crippen LogP contribution in [0.3, 0.4) is 0 Å². The standard InChI is InChI=1S/C23H21BrClNO4/c1-2-29-21-12-16(13-26-19-9-5-17(6-10-19)23(27)28)11-20(24)22(21)30-14-15-3-7-18(25)8-4-15/h3-12,26H,2,13-14H2,1H3,(H,27,28). The van der Waals surface area contributed by atoms with Crippen molar-refractivity contribution in [1.29, 1.82) is 0 Å². The molecule has 0 heterocycles. The molecule has 0 bridgehead atoms. The summed E-state index contributed by atoms with van der Waals surface area (Å²) in [5.41, 5.74) is 3.08. The van der Waals surface area contributed by atoms with Crippen LogP contribution in [0.25, 0.3) is 0 Å². The second kappa shape index (κ2) is 10.4. The molecule has 7 heteroatoms. The average Bonchev–Trinajstić information content (AvgIpc) is 2.73. The lowest BCUT2D eigenvalue weighted by atomic mass is 10.1. The highest BCUT2D eigenvalue weighted by atomic mass is 79.9. The van der Waals surface area contributed by atoms with Crippen LogP contribution in [0.5, 0.6) is 11.5 Å². The van der Waals surface area contributed by atoms with Crippen molar-refractivity contribution in [3.63, 3.8) is 0 Å². The first-order chi connectivity index (χ1) is 14.5. The molecule has 0 atom stereocenters. The lowest BCUT2D eigenvalue weighted by Crippen LogP contribution is -2.04. The van der Waals surface area contributed by atoms with Gasteiger partial charge in [-0.25, -0.2) is 4.79 Å². The topological polar surface area (TPSA) is 67.8 Å².